The standard InChI is InChI=1S/C29H52N2O/c1-3-4-5-6-7-8-9-10-11-12-13-14-15-19-23-31-26(2)29(32,28-22-24-30-25-28)27-20-17-16-18-21-27/h16-18,20-21,26,28,30-32H,3-15,19,22-25H2,1-2H3. The fraction of sp³-hybridized carbons (Fsp3) is 0.793. The van der Waals surface area contributed by atoms with E-state index in [2.05, 4.69) is 36.6 Å². The van der Waals surface area contributed by atoms with E-state index in [1.54, 1.807) is 0 Å². The van der Waals surface area contributed by atoms with Crippen molar-refractivity contribution in [2.24, 2.45) is 5.92 Å². The van der Waals surface area contributed by atoms with E-state index in [4.69, 9.17) is 0 Å². The maximum atomic E-state index is 11.8. The van der Waals surface area contributed by atoms with Gasteiger partial charge in [0.25, 0.3) is 0 Å². The van der Waals surface area contributed by atoms with Gasteiger partial charge in [-0.15, -0.1) is 0 Å². The highest BCUT2D eigenvalue weighted by Gasteiger charge is 2.44. The topological polar surface area (TPSA) is 44.3 Å². The molecule has 3 heteroatoms. The van der Waals surface area contributed by atoms with Crippen molar-refractivity contribution in [3.05, 3.63) is 35.9 Å². The van der Waals surface area contributed by atoms with Crippen LogP contribution >= 0.6 is 0 Å². The minimum Gasteiger partial charge on any atom is -0.383 e. The van der Waals surface area contributed by atoms with Crippen LogP contribution in [0, 0.1) is 5.92 Å². The van der Waals surface area contributed by atoms with Crippen LogP contribution < -0.4 is 10.6 Å². The van der Waals surface area contributed by atoms with Crippen molar-refractivity contribution in [2.45, 2.75) is 122 Å². The van der Waals surface area contributed by atoms with Gasteiger partial charge in [-0.2, -0.15) is 0 Å². The van der Waals surface area contributed by atoms with Crippen molar-refractivity contribution in [3.63, 3.8) is 0 Å². The molecule has 0 saturated carbocycles. The Morgan fingerprint density at radius 2 is 1.41 bits per heavy atom. The highest BCUT2D eigenvalue weighted by Crippen LogP contribution is 2.36. The van der Waals surface area contributed by atoms with Crippen LogP contribution in [0.4, 0.5) is 0 Å². The van der Waals surface area contributed by atoms with Crippen LogP contribution in [-0.2, 0) is 5.60 Å². The predicted octanol–water partition coefficient (Wildman–Crippen LogP) is 6.94. The van der Waals surface area contributed by atoms with Gasteiger partial charge in [0.15, 0.2) is 0 Å². The van der Waals surface area contributed by atoms with E-state index in [-0.39, 0.29) is 12.0 Å². The Hall–Kier alpha value is -0.900. The summed E-state index contributed by atoms with van der Waals surface area (Å²) in [6, 6.07) is 10.3. The zero-order valence-electron chi connectivity index (χ0n) is 21.2. The van der Waals surface area contributed by atoms with E-state index in [9.17, 15) is 5.11 Å². The van der Waals surface area contributed by atoms with Crippen LogP contribution in [0.25, 0.3) is 0 Å². The SMILES string of the molecule is CCCCCCCCCCCCCCCCNC(C)C(O)(c1ccccc1)C1CCNC1. The van der Waals surface area contributed by atoms with Gasteiger partial charge < -0.3 is 15.7 Å². The van der Waals surface area contributed by atoms with Gasteiger partial charge in [0.2, 0.25) is 0 Å². The molecule has 0 amide bonds. The van der Waals surface area contributed by atoms with Gasteiger partial charge in [0, 0.05) is 18.5 Å². The number of hydrogen-bond acceptors (Lipinski definition) is 3. The van der Waals surface area contributed by atoms with Gasteiger partial charge in [-0.05, 0) is 38.4 Å². The van der Waals surface area contributed by atoms with E-state index in [0.717, 1.165) is 31.6 Å². The highest BCUT2D eigenvalue weighted by atomic mass is 16.3. The van der Waals surface area contributed by atoms with E-state index < -0.39 is 5.60 Å². The lowest BCUT2D eigenvalue weighted by atomic mass is 9.75. The van der Waals surface area contributed by atoms with Crippen molar-refractivity contribution in [3.8, 4) is 0 Å². The monoisotopic (exact) mass is 444 g/mol. The molecule has 0 bridgehead atoms. The quantitative estimate of drug-likeness (QED) is 0.202. The molecule has 0 aromatic heterocycles. The number of aliphatic hydroxyl groups is 1. The van der Waals surface area contributed by atoms with E-state index in [0.29, 0.717) is 0 Å². The molecule has 1 saturated heterocycles. The van der Waals surface area contributed by atoms with E-state index in [1.807, 2.05) is 18.2 Å². The first kappa shape index (κ1) is 27.3. The molecule has 0 aliphatic carbocycles. The van der Waals surface area contributed by atoms with Crippen LogP contribution in [0.2, 0.25) is 0 Å². The zero-order valence-corrected chi connectivity index (χ0v) is 21.2. The smallest absolute Gasteiger partial charge is 0.109 e. The summed E-state index contributed by atoms with van der Waals surface area (Å²) in [4.78, 5) is 0. The second-order valence-corrected chi connectivity index (χ2v) is 10.2. The maximum Gasteiger partial charge on any atom is 0.109 e. The molecule has 0 spiro atoms. The molecule has 3 atom stereocenters. The number of rotatable bonds is 19. The van der Waals surface area contributed by atoms with Crippen LogP contribution in [0.5, 0.6) is 0 Å². The lowest BCUT2D eigenvalue weighted by Crippen LogP contribution is -2.52. The zero-order chi connectivity index (χ0) is 22.9. The minimum atomic E-state index is -0.805. The van der Waals surface area contributed by atoms with Crippen LogP contribution in [0.3, 0.4) is 0 Å². The molecule has 1 heterocycles. The first-order valence-electron chi connectivity index (χ1n) is 13.9. The molecular weight excluding hydrogens is 392 g/mol. The average Bonchev–Trinajstić information content (AvgIpc) is 3.37. The summed E-state index contributed by atoms with van der Waals surface area (Å²) >= 11 is 0. The Balaban J connectivity index is 1.52. The summed E-state index contributed by atoms with van der Waals surface area (Å²) in [5.41, 5.74) is 0.246. The summed E-state index contributed by atoms with van der Waals surface area (Å²) < 4.78 is 0. The second kappa shape index (κ2) is 16.7. The highest BCUT2D eigenvalue weighted by molar-refractivity contribution is 5.26. The van der Waals surface area contributed by atoms with Crippen molar-refractivity contribution in [2.75, 3.05) is 19.6 Å². The molecule has 184 valence electrons. The minimum absolute atomic E-state index is 0.0526. The van der Waals surface area contributed by atoms with Gasteiger partial charge >= 0.3 is 0 Å². The van der Waals surface area contributed by atoms with Crippen molar-refractivity contribution >= 4 is 0 Å². The second-order valence-electron chi connectivity index (χ2n) is 10.2. The number of benzene rings is 1. The summed E-state index contributed by atoms with van der Waals surface area (Å²) in [6.07, 6.45) is 20.5. The Labute approximate surface area is 199 Å². The Bertz CT molecular complexity index is 558. The van der Waals surface area contributed by atoms with Crippen molar-refractivity contribution in [1.82, 2.24) is 10.6 Å². The molecule has 3 unspecified atom stereocenters. The fourth-order valence-corrected chi connectivity index (χ4v) is 5.37. The number of unbranched alkanes of at least 4 members (excludes halogenated alkanes) is 13. The molecule has 1 fully saturated rings. The molecule has 1 aromatic carbocycles. The van der Waals surface area contributed by atoms with Crippen LogP contribution in [0.15, 0.2) is 30.3 Å². The third kappa shape index (κ3) is 9.53. The molecule has 1 aromatic rings. The number of hydrogen-bond donors (Lipinski definition) is 3. The fourth-order valence-electron chi connectivity index (χ4n) is 5.37. The molecule has 1 aliphatic rings. The molecule has 3 nitrogen and oxygen atoms in total. The molecule has 1 aliphatic heterocycles. The molecule has 32 heavy (non-hydrogen) atoms. The maximum absolute atomic E-state index is 11.8. The normalized spacial score (nSPS) is 19.2. The first-order valence-corrected chi connectivity index (χ1v) is 13.9. The third-order valence-corrected chi connectivity index (χ3v) is 7.56. The van der Waals surface area contributed by atoms with Crippen LogP contribution in [-0.4, -0.2) is 30.8 Å². The molecule has 0 radical (unpaired) electrons. The predicted molar refractivity (Wildman–Crippen MR) is 139 cm³/mol. The average molecular weight is 445 g/mol. The van der Waals surface area contributed by atoms with Gasteiger partial charge in [0.05, 0.1) is 0 Å². The van der Waals surface area contributed by atoms with Gasteiger partial charge in [0.1, 0.15) is 5.60 Å². The van der Waals surface area contributed by atoms with E-state index in [1.165, 1.54) is 89.9 Å². The molecule has 3 N–H and O–H groups in total. The van der Waals surface area contributed by atoms with Crippen molar-refractivity contribution in [1.29, 1.82) is 0 Å². The lowest BCUT2D eigenvalue weighted by molar-refractivity contribution is -0.0462. The summed E-state index contributed by atoms with van der Waals surface area (Å²) in [6.45, 7) is 7.35. The molecular formula is C29H52N2O. The Morgan fingerprint density at radius 3 is 1.91 bits per heavy atom. The first-order chi connectivity index (χ1) is 15.7. The largest absolute Gasteiger partial charge is 0.383 e. The van der Waals surface area contributed by atoms with Crippen LogP contribution in [0.1, 0.15) is 116 Å². The van der Waals surface area contributed by atoms with Gasteiger partial charge in [-0.25, -0.2) is 0 Å². The summed E-state index contributed by atoms with van der Waals surface area (Å²) in [7, 11) is 0. The Kier molecular flexibility index (Phi) is 14.2. The number of nitrogens with one attached hydrogen (secondary N) is 2. The Morgan fingerprint density at radius 1 is 0.875 bits per heavy atom. The third-order valence-electron chi connectivity index (χ3n) is 7.56. The summed E-state index contributed by atoms with van der Waals surface area (Å²) in [5, 5.41) is 18.9. The van der Waals surface area contributed by atoms with E-state index >= 15 is 0 Å². The lowest BCUT2D eigenvalue weighted by Gasteiger charge is -2.40. The summed E-state index contributed by atoms with van der Waals surface area (Å²) in [5.74, 6) is 0.267. The van der Waals surface area contributed by atoms with Gasteiger partial charge in [-0.3, -0.25) is 0 Å². The van der Waals surface area contributed by atoms with Gasteiger partial charge in [-0.1, -0.05) is 121 Å². The molecule has 2 rings (SSSR count). The van der Waals surface area contributed by atoms with Crippen molar-refractivity contribution < 1.29 is 5.11 Å².